The smallest absolute Gasteiger partial charge is 0.338 e. The molecule has 0 aliphatic carbocycles. The highest BCUT2D eigenvalue weighted by molar-refractivity contribution is 9.11. The van der Waals surface area contributed by atoms with Crippen molar-refractivity contribution in [3.05, 3.63) is 145 Å². The first kappa shape index (κ1) is 32.5. The number of rotatable bonds is 8. The Labute approximate surface area is 289 Å². The highest BCUT2D eigenvalue weighted by atomic mass is 79.9. The van der Waals surface area contributed by atoms with Crippen molar-refractivity contribution in [3.63, 3.8) is 0 Å². The number of carbonyl (C=O) groups is 1. The van der Waals surface area contributed by atoms with E-state index in [1.54, 1.807) is 39.0 Å². The predicted octanol–water partition coefficient (Wildman–Crippen LogP) is 7.27. The van der Waals surface area contributed by atoms with Crippen molar-refractivity contribution in [2.24, 2.45) is 4.99 Å². The molecule has 0 N–H and O–H groups in total. The second-order valence-electron chi connectivity index (χ2n) is 10.8. The van der Waals surface area contributed by atoms with Crippen LogP contribution in [0.1, 0.15) is 42.1 Å². The molecule has 0 saturated heterocycles. The monoisotopic (exact) mass is 775 g/mol. The zero-order valence-electron chi connectivity index (χ0n) is 25.5. The van der Waals surface area contributed by atoms with Crippen molar-refractivity contribution >= 4 is 71.7 Å². The van der Waals surface area contributed by atoms with Crippen LogP contribution in [0.5, 0.6) is 5.75 Å². The van der Waals surface area contributed by atoms with Crippen LogP contribution in [0, 0.1) is 17.0 Å². The molecule has 12 heteroatoms. The summed E-state index contributed by atoms with van der Waals surface area (Å²) < 4.78 is 14.7. The standard InChI is InChI=1S/C35H27Br2N3O6S/c1-4-45-34(42)30-20(3)38-35-39(31(30)23-13-12-19(2)28(17-23)40(43)44)33(41)29(47-35)16-21-14-26(36)32(27(37)15-21)46-18-24-10-7-9-22-8-5-6-11-25(22)24/h5-17,31H,4,18H2,1-3H3/b29-16+/t31-/m1/s1. The Hall–Kier alpha value is -4.39. The largest absolute Gasteiger partial charge is 0.487 e. The Kier molecular flexibility index (Phi) is 9.27. The number of ether oxygens (including phenoxy) is 2. The van der Waals surface area contributed by atoms with Crippen LogP contribution in [0.4, 0.5) is 5.69 Å². The first-order valence-corrected chi connectivity index (χ1v) is 17.0. The van der Waals surface area contributed by atoms with Crippen molar-refractivity contribution in [2.45, 2.75) is 33.4 Å². The number of allylic oxidation sites excluding steroid dienone is 1. The number of carbonyl (C=O) groups excluding carboxylic acids is 1. The van der Waals surface area contributed by atoms with Gasteiger partial charge in [0.2, 0.25) is 0 Å². The number of benzene rings is 4. The lowest BCUT2D eigenvalue weighted by Gasteiger charge is -2.24. The minimum Gasteiger partial charge on any atom is -0.487 e. The molecule has 2 heterocycles. The predicted molar refractivity (Wildman–Crippen MR) is 188 cm³/mol. The van der Waals surface area contributed by atoms with Gasteiger partial charge in [-0.3, -0.25) is 19.5 Å². The molecular weight excluding hydrogens is 750 g/mol. The first-order valence-electron chi connectivity index (χ1n) is 14.6. The summed E-state index contributed by atoms with van der Waals surface area (Å²) in [6, 6.07) is 21.7. The van der Waals surface area contributed by atoms with E-state index in [1.165, 1.54) is 22.0 Å². The van der Waals surface area contributed by atoms with Gasteiger partial charge in [-0.05, 0) is 98.3 Å². The number of hydrogen-bond donors (Lipinski definition) is 0. The Bertz CT molecular complexity index is 2280. The summed E-state index contributed by atoms with van der Waals surface area (Å²) in [5, 5.41) is 14.1. The van der Waals surface area contributed by atoms with Crippen molar-refractivity contribution < 1.29 is 19.2 Å². The van der Waals surface area contributed by atoms with E-state index in [4.69, 9.17) is 9.47 Å². The number of aryl methyl sites for hydroxylation is 1. The second-order valence-corrected chi connectivity index (χ2v) is 13.6. The lowest BCUT2D eigenvalue weighted by Crippen LogP contribution is -2.40. The average Bonchev–Trinajstić information content (AvgIpc) is 3.33. The van der Waals surface area contributed by atoms with Gasteiger partial charge in [0, 0.05) is 11.6 Å². The maximum absolute atomic E-state index is 14.0. The zero-order valence-corrected chi connectivity index (χ0v) is 29.4. The molecule has 6 rings (SSSR count). The van der Waals surface area contributed by atoms with Crippen LogP contribution in [0.25, 0.3) is 16.8 Å². The minimum absolute atomic E-state index is 0.111. The summed E-state index contributed by atoms with van der Waals surface area (Å²) in [7, 11) is 0. The van der Waals surface area contributed by atoms with Gasteiger partial charge in [0.05, 0.1) is 42.3 Å². The van der Waals surface area contributed by atoms with Crippen molar-refractivity contribution in [2.75, 3.05) is 6.61 Å². The summed E-state index contributed by atoms with van der Waals surface area (Å²) in [6.07, 6.45) is 1.74. The van der Waals surface area contributed by atoms with Crippen LogP contribution >= 0.6 is 43.2 Å². The summed E-state index contributed by atoms with van der Waals surface area (Å²) in [5.74, 6) is -0.0181. The Morgan fingerprint density at radius 2 is 1.79 bits per heavy atom. The average molecular weight is 777 g/mol. The quantitative estimate of drug-likeness (QED) is 0.0931. The molecule has 4 aromatic carbocycles. The third kappa shape index (κ3) is 6.32. The molecule has 1 aromatic heterocycles. The van der Waals surface area contributed by atoms with Gasteiger partial charge >= 0.3 is 5.97 Å². The summed E-state index contributed by atoms with van der Waals surface area (Å²) in [5.41, 5.74) is 2.67. The Balaban J connectivity index is 1.40. The molecular formula is C35H27Br2N3O6S. The van der Waals surface area contributed by atoms with E-state index in [-0.39, 0.29) is 23.4 Å². The van der Waals surface area contributed by atoms with E-state index in [9.17, 15) is 19.7 Å². The highest BCUT2D eigenvalue weighted by Gasteiger charge is 2.34. The summed E-state index contributed by atoms with van der Waals surface area (Å²) >= 11 is 8.44. The van der Waals surface area contributed by atoms with Crippen LogP contribution in [-0.2, 0) is 16.1 Å². The molecule has 1 aliphatic rings. The molecule has 0 radical (unpaired) electrons. The lowest BCUT2D eigenvalue weighted by atomic mass is 9.94. The van der Waals surface area contributed by atoms with Gasteiger partial charge in [0.1, 0.15) is 12.4 Å². The molecule has 1 aliphatic heterocycles. The molecule has 0 saturated carbocycles. The van der Waals surface area contributed by atoms with Crippen molar-refractivity contribution in [1.82, 2.24) is 4.57 Å². The number of nitro groups is 1. The summed E-state index contributed by atoms with van der Waals surface area (Å²) in [4.78, 5) is 43.5. The number of nitrogens with zero attached hydrogens (tertiary/aromatic N) is 3. The van der Waals surface area contributed by atoms with Crippen molar-refractivity contribution in [3.8, 4) is 5.75 Å². The first-order chi connectivity index (χ1) is 22.6. The SMILES string of the molecule is CCOC(=O)C1=C(C)N=c2s/c(=C/c3cc(Br)c(OCc4cccc5ccccc45)c(Br)c3)c(=O)n2[C@@H]1c1ccc(C)c([N+](=O)[O-])c1. The van der Waals surface area contributed by atoms with Crippen LogP contribution in [0.3, 0.4) is 0 Å². The third-order valence-electron chi connectivity index (χ3n) is 7.83. The van der Waals surface area contributed by atoms with Gasteiger partial charge < -0.3 is 9.47 Å². The van der Waals surface area contributed by atoms with Gasteiger partial charge in [-0.15, -0.1) is 0 Å². The molecule has 0 spiro atoms. The maximum Gasteiger partial charge on any atom is 0.338 e. The number of esters is 1. The van der Waals surface area contributed by atoms with Gasteiger partial charge in [0.15, 0.2) is 4.80 Å². The number of aromatic nitrogens is 1. The van der Waals surface area contributed by atoms with E-state index in [0.717, 1.165) is 21.9 Å². The molecule has 9 nitrogen and oxygen atoms in total. The number of hydrogen-bond acceptors (Lipinski definition) is 8. The fraction of sp³-hybridized carbons (Fsp3) is 0.171. The third-order valence-corrected chi connectivity index (χ3v) is 9.99. The van der Waals surface area contributed by atoms with Gasteiger partial charge in [0.25, 0.3) is 11.2 Å². The van der Waals surface area contributed by atoms with Crippen LogP contribution in [-0.4, -0.2) is 22.1 Å². The van der Waals surface area contributed by atoms with E-state index < -0.39 is 16.9 Å². The molecule has 238 valence electrons. The van der Waals surface area contributed by atoms with E-state index in [1.807, 2.05) is 36.4 Å². The molecule has 0 unspecified atom stereocenters. The Morgan fingerprint density at radius 3 is 2.51 bits per heavy atom. The fourth-order valence-corrected chi connectivity index (χ4v) is 8.12. The van der Waals surface area contributed by atoms with Crippen LogP contribution < -0.4 is 19.6 Å². The topological polar surface area (TPSA) is 113 Å². The maximum atomic E-state index is 14.0. The number of thiazole rings is 1. The van der Waals surface area contributed by atoms with Gasteiger partial charge in [-0.2, -0.15) is 0 Å². The van der Waals surface area contributed by atoms with Crippen LogP contribution in [0.15, 0.2) is 103 Å². The zero-order chi connectivity index (χ0) is 33.4. The molecule has 47 heavy (non-hydrogen) atoms. The van der Waals surface area contributed by atoms with Gasteiger partial charge in [-0.25, -0.2) is 9.79 Å². The number of halogens is 2. The highest BCUT2D eigenvalue weighted by Crippen LogP contribution is 2.37. The minimum atomic E-state index is -0.963. The van der Waals surface area contributed by atoms with Crippen molar-refractivity contribution in [1.29, 1.82) is 0 Å². The Morgan fingerprint density at radius 1 is 1.06 bits per heavy atom. The fourth-order valence-electron chi connectivity index (χ4n) is 5.62. The summed E-state index contributed by atoms with van der Waals surface area (Å²) in [6.45, 7) is 5.47. The van der Waals surface area contributed by atoms with E-state index in [0.29, 0.717) is 47.5 Å². The number of nitro benzene ring substituents is 1. The molecule has 1 atom stereocenters. The van der Waals surface area contributed by atoms with E-state index >= 15 is 0 Å². The van der Waals surface area contributed by atoms with Crippen LogP contribution in [0.2, 0.25) is 0 Å². The lowest BCUT2D eigenvalue weighted by molar-refractivity contribution is -0.385. The number of fused-ring (bicyclic) bond motifs is 2. The van der Waals surface area contributed by atoms with Gasteiger partial charge in [-0.1, -0.05) is 65.9 Å². The molecule has 5 aromatic rings. The normalized spacial score (nSPS) is 14.6. The molecule has 0 fully saturated rings. The molecule has 0 amide bonds. The second kappa shape index (κ2) is 13.4. The molecule has 0 bridgehead atoms. The van der Waals surface area contributed by atoms with E-state index in [2.05, 4.69) is 55.1 Å².